The van der Waals surface area contributed by atoms with Crippen molar-refractivity contribution in [1.29, 1.82) is 0 Å². The molecule has 1 aromatic rings. The largest absolute Gasteiger partial charge is 0.492 e. The van der Waals surface area contributed by atoms with Crippen LogP contribution in [0.2, 0.25) is 0 Å². The molecule has 0 heterocycles. The quantitative estimate of drug-likeness (QED) is 0.839. The van der Waals surface area contributed by atoms with E-state index in [1.807, 2.05) is 20.9 Å². The number of rotatable bonds is 7. The average Bonchev–Trinajstić information content (AvgIpc) is 2.32. The second-order valence-corrected chi connectivity index (χ2v) is 8.03. The van der Waals surface area contributed by atoms with Crippen LogP contribution in [0, 0.1) is 13.8 Å². The maximum atomic E-state index is 11.7. The number of hydrogen-bond acceptors (Lipinski definition) is 4. The fourth-order valence-corrected chi connectivity index (χ4v) is 2.86. The minimum Gasteiger partial charge on any atom is -0.492 e. The van der Waals surface area contributed by atoms with E-state index >= 15 is 0 Å². The molecule has 20 heavy (non-hydrogen) atoms. The lowest BCUT2D eigenvalue weighted by atomic mass is 10.1. The van der Waals surface area contributed by atoms with Crippen LogP contribution in [0.15, 0.2) is 12.1 Å². The third-order valence-electron chi connectivity index (χ3n) is 3.23. The van der Waals surface area contributed by atoms with Crippen molar-refractivity contribution in [1.82, 2.24) is 5.32 Å². The van der Waals surface area contributed by atoms with Gasteiger partial charge in [-0.3, -0.25) is 0 Å². The summed E-state index contributed by atoms with van der Waals surface area (Å²) >= 11 is 0. The Labute approximate surface area is 122 Å². The summed E-state index contributed by atoms with van der Waals surface area (Å²) in [6, 6.07) is 4.13. The minimum absolute atomic E-state index is 0.0574. The summed E-state index contributed by atoms with van der Waals surface area (Å²) < 4.78 is 29.2. The zero-order chi connectivity index (χ0) is 15.3. The molecule has 114 valence electrons. The minimum atomic E-state index is -3.05. The average molecular weight is 299 g/mol. The molecule has 0 saturated heterocycles. The van der Waals surface area contributed by atoms with Crippen LogP contribution in [-0.4, -0.2) is 33.1 Å². The van der Waals surface area contributed by atoms with Crippen molar-refractivity contribution in [3.05, 3.63) is 28.8 Å². The molecule has 0 atom stereocenters. The van der Waals surface area contributed by atoms with E-state index in [1.54, 1.807) is 13.8 Å². The van der Waals surface area contributed by atoms with Gasteiger partial charge in [-0.05, 0) is 51.4 Å². The molecule has 0 bridgehead atoms. The molecule has 0 amide bonds. The molecule has 0 unspecified atom stereocenters. The van der Waals surface area contributed by atoms with E-state index in [1.165, 1.54) is 5.56 Å². The van der Waals surface area contributed by atoms with E-state index in [-0.39, 0.29) is 17.6 Å². The Morgan fingerprint density at radius 2 is 1.75 bits per heavy atom. The van der Waals surface area contributed by atoms with Crippen LogP contribution in [0.25, 0.3) is 0 Å². The van der Waals surface area contributed by atoms with E-state index in [0.29, 0.717) is 0 Å². The number of aryl methyl sites for hydroxylation is 2. The highest BCUT2D eigenvalue weighted by atomic mass is 32.2. The Bertz CT molecular complexity index is 527. The maximum absolute atomic E-state index is 11.7. The zero-order valence-electron chi connectivity index (χ0n) is 13.0. The molecule has 0 aliphatic carbocycles. The lowest BCUT2D eigenvalue weighted by molar-refractivity contribution is 0.335. The summed E-state index contributed by atoms with van der Waals surface area (Å²) in [5, 5.41) is 2.76. The van der Waals surface area contributed by atoms with Crippen molar-refractivity contribution in [2.24, 2.45) is 0 Å². The van der Waals surface area contributed by atoms with Gasteiger partial charge in [0.1, 0.15) is 12.4 Å². The maximum Gasteiger partial charge on any atom is 0.155 e. The second kappa shape index (κ2) is 7.09. The molecule has 0 radical (unpaired) electrons. The van der Waals surface area contributed by atoms with Crippen molar-refractivity contribution < 1.29 is 13.2 Å². The predicted molar refractivity (Wildman–Crippen MR) is 83.1 cm³/mol. The highest BCUT2D eigenvalue weighted by Crippen LogP contribution is 2.25. The first-order valence-electron chi connectivity index (χ1n) is 6.87. The second-order valence-electron chi connectivity index (χ2n) is 5.35. The van der Waals surface area contributed by atoms with E-state index in [9.17, 15) is 8.42 Å². The number of ether oxygens (including phenoxy) is 1. The first-order chi connectivity index (χ1) is 9.27. The molecule has 1 N–H and O–H groups in total. The molecule has 0 spiro atoms. The van der Waals surface area contributed by atoms with Gasteiger partial charge in [0.05, 0.1) is 11.0 Å². The summed E-state index contributed by atoms with van der Waals surface area (Å²) in [4.78, 5) is 0. The highest BCUT2D eigenvalue weighted by molar-refractivity contribution is 7.91. The normalized spacial score (nSPS) is 11.9. The Balaban J connectivity index is 2.74. The van der Waals surface area contributed by atoms with Crippen molar-refractivity contribution >= 4 is 9.84 Å². The van der Waals surface area contributed by atoms with Crippen LogP contribution in [0.3, 0.4) is 0 Å². The van der Waals surface area contributed by atoms with Gasteiger partial charge in [0.25, 0.3) is 0 Å². The van der Waals surface area contributed by atoms with Gasteiger partial charge in [-0.25, -0.2) is 8.42 Å². The third kappa shape index (κ3) is 4.49. The molecule has 1 aromatic carbocycles. The topological polar surface area (TPSA) is 55.4 Å². The van der Waals surface area contributed by atoms with Gasteiger partial charge in [-0.2, -0.15) is 0 Å². The van der Waals surface area contributed by atoms with Gasteiger partial charge < -0.3 is 10.1 Å². The summed E-state index contributed by atoms with van der Waals surface area (Å²) in [6.07, 6.45) is 0. The number of nitrogens with one attached hydrogen (secondary N) is 1. The molecule has 4 nitrogen and oxygen atoms in total. The smallest absolute Gasteiger partial charge is 0.155 e. The van der Waals surface area contributed by atoms with Gasteiger partial charge in [0.2, 0.25) is 0 Å². The fourth-order valence-electron chi connectivity index (χ4n) is 2.07. The van der Waals surface area contributed by atoms with Crippen molar-refractivity contribution in [3.8, 4) is 5.75 Å². The summed E-state index contributed by atoms with van der Waals surface area (Å²) in [5.41, 5.74) is 3.28. The number of sulfone groups is 1. The summed E-state index contributed by atoms with van der Waals surface area (Å²) in [7, 11) is -1.14. The molecule has 0 aromatic heterocycles. The first-order valence-corrected chi connectivity index (χ1v) is 8.58. The fraction of sp³-hybridized carbons (Fsp3) is 0.600. The summed E-state index contributed by atoms with van der Waals surface area (Å²) in [6.45, 7) is 8.37. The Morgan fingerprint density at radius 1 is 1.20 bits per heavy atom. The first kappa shape index (κ1) is 17.0. The molecule has 0 saturated carbocycles. The van der Waals surface area contributed by atoms with Gasteiger partial charge >= 0.3 is 0 Å². The van der Waals surface area contributed by atoms with Gasteiger partial charge in [0, 0.05) is 6.54 Å². The lowest BCUT2D eigenvalue weighted by Crippen LogP contribution is -2.22. The molecule has 5 heteroatoms. The van der Waals surface area contributed by atoms with Crippen LogP contribution in [0.4, 0.5) is 0 Å². The molecule has 0 aliphatic heterocycles. The number of hydrogen-bond donors (Lipinski definition) is 1. The standard InChI is InChI=1S/C15H25NO3S/c1-11(2)20(17,18)7-6-19-15-12(3)8-14(10-16-5)9-13(15)4/h8-9,11,16H,6-7,10H2,1-5H3. The Kier molecular flexibility index (Phi) is 6.02. The van der Waals surface area contributed by atoms with E-state index < -0.39 is 9.84 Å². The molecule has 0 fully saturated rings. The van der Waals surface area contributed by atoms with Crippen LogP contribution >= 0.6 is 0 Å². The van der Waals surface area contributed by atoms with Gasteiger partial charge in [0.15, 0.2) is 9.84 Å². The predicted octanol–water partition coefficient (Wildman–Crippen LogP) is 2.22. The van der Waals surface area contributed by atoms with Gasteiger partial charge in [-0.15, -0.1) is 0 Å². The van der Waals surface area contributed by atoms with E-state index in [0.717, 1.165) is 23.4 Å². The molecular weight excluding hydrogens is 274 g/mol. The van der Waals surface area contributed by atoms with Crippen molar-refractivity contribution in [2.45, 2.75) is 39.5 Å². The third-order valence-corrected chi connectivity index (χ3v) is 5.41. The monoisotopic (exact) mass is 299 g/mol. The molecule has 1 rings (SSSR count). The summed E-state index contributed by atoms with van der Waals surface area (Å²) in [5.74, 6) is 0.853. The van der Waals surface area contributed by atoms with Gasteiger partial charge in [-0.1, -0.05) is 12.1 Å². The van der Waals surface area contributed by atoms with Crippen molar-refractivity contribution in [2.75, 3.05) is 19.4 Å². The Morgan fingerprint density at radius 3 is 2.20 bits per heavy atom. The van der Waals surface area contributed by atoms with E-state index in [4.69, 9.17) is 4.74 Å². The zero-order valence-corrected chi connectivity index (χ0v) is 13.8. The van der Waals surface area contributed by atoms with Crippen LogP contribution in [0.5, 0.6) is 5.75 Å². The highest BCUT2D eigenvalue weighted by Gasteiger charge is 2.16. The van der Waals surface area contributed by atoms with Crippen LogP contribution < -0.4 is 10.1 Å². The lowest BCUT2D eigenvalue weighted by Gasteiger charge is -2.15. The number of benzene rings is 1. The van der Waals surface area contributed by atoms with Crippen LogP contribution in [0.1, 0.15) is 30.5 Å². The molecular formula is C15H25NO3S. The SMILES string of the molecule is CNCc1cc(C)c(OCCS(=O)(=O)C(C)C)c(C)c1. The van der Waals surface area contributed by atoms with Crippen molar-refractivity contribution in [3.63, 3.8) is 0 Å². The van der Waals surface area contributed by atoms with E-state index in [2.05, 4.69) is 17.4 Å². The van der Waals surface area contributed by atoms with Crippen LogP contribution in [-0.2, 0) is 16.4 Å². The molecule has 0 aliphatic rings. The Hall–Kier alpha value is -1.07.